The van der Waals surface area contributed by atoms with Gasteiger partial charge in [-0.25, -0.2) is 0 Å². The summed E-state index contributed by atoms with van der Waals surface area (Å²) in [6.07, 6.45) is 7.07. The monoisotopic (exact) mass is 200 g/mol. The van der Waals surface area contributed by atoms with Crippen LogP contribution in [0.5, 0.6) is 0 Å². The highest BCUT2D eigenvalue weighted by Gasteiger charge is 2.18. The molecule has 10 heavy (non-hydrogen) atoms. The molecule has 0 atom stereocenters. The topological polar surface area (TPSA) is 17.1 Å². The normalized spacial score (nSPS) is 21.6. The zero-order chi connectivity index (χ0) is 7.61. The van der Waals surface area contributed by atoms with Crippen LogP contribution in [-0.2, 0) is 4.79 Å². The minimum absolute atomic E-state index is 0.0356. The van der Waals surface area contributed by atoms with Gasteiger partial charge >= 0.3 is 0 Å². The molecule has 0 N–H and O–H groups in total. The van der Waals surface area contributed by atoms with E-state index in [-0.39, 0.29) is 11.2 Å². The Morgan fingerprint density at radius 1 is 1.50 bits per heavy atom. The molecule has 0 spiro atoms. The van der Waals surface area contributed by atoms with Crippen molar-refractivity contribution >= 4 is 21.7 Å². The lowest BCUT2D eigenvalue weighted by atomic mass is 9.89. The van der Waals surface area contributed by atoms with E-state index in [0.717, 1.165) is 5.33 Å². The van der Waals surface area contributed by atoms with Crippen LogP contribution in [-0.4, -0.2) is 11.1 Å². The van der Waals surface area contributed by atoms with Crippen LogP contribution >= 0.6 is 15.9 Å². The van der Waals surface area contributed by atoms with Gasteiger partial charge in [-0.15, -0.1) is 0 Å². The number of halogens is 1. The number of alkyl halides is 1. The van der Waals surface area contributed by atoms with Gasteiger partial charge < -0.3 is 0 Å². The van der Waals surface area contributed by atoms with E-state index in [2.05, 4.69) is 22.9 Å². The standard InChI is InChI=1S/C8H9BrO/c1-8(6-9)4-2-7(10)3-5-8/h2-5H,6H2,1H3. The lowest BCUT2D eigenvalue weighted by Crippen LogP contribution is -2.15. The predicted molar refractivity (Wildman–Crippen MR) is 45.2 cm³/mol. The Hall–Kier alpha value is -0.370. The minimum atomic E-state index is 0.0356. The van der Waals surface area contributed by atoms with E-state index >= 15 is 0 Å². The quantitative estimate of drug-likeness (QED) is 0.593. The van der Waals surface area contributed by atoms with Gasteiger partial charge in [0, 0.05) is 10.7 Å². The van der Waals surface area contributed by atoms with Gasteiger partial charge in [0.2, 0.25) is 0 Å². The third-order valence-electron chi connectivity index (χ3n) is 1.54. The molecule has 0 fully saturated rings. The maximum Gasteiger partial charge on any atom is 0.178 e. The fourth-order valence-electron chi connectivity index (χ4n) is 0.745. The summed E-state index contributed by atoms with van der Waals surface area (Å²) < 4.78 is 0. The highest BCUT2D eigenvalue weighted by molar-refractivity contribution is 9.09. The lowest BCUT2D eigenvalue weighted by Gasteiger charge is -2.19. The average molecular weight is 201 g/mol. The number of hydrogen-bond acceptors (Lipinski definition) is 1. The minimum Gasteiger partial charge on any atom is -0.290 e. The van der Waals surface area contributed by atoms with Gasteiger partial charge in [-0.1, -0.05) is 35.0 Å². The largest absolute Gasteiger partial charge is 0.290 e. The van der Waals surface area contributed by atoms with E-state index in [1.165, 1.54) is 0 Å². The van der Waals surface area contributed by atoms with Crippen molar-refractivity contribution < 1.29 is 4.79 Å². The summed E-state index contributed by atoms with van der Waals surface area (Å²) in [5, 5.41) is 0.861. The van der Waals surface area contributed by atoms with Crippen molar-refractivity contribution in [3.63, 3.8) is 0 Å². The van der Waals surface area contributed by atoms with Crippen LogP contribution in [0.1, 0.15) is 6.92 Å². The van der Waals surface area contributed by atoms with E-state index < -0.39 is 0 Å². The third kappa shape index (κ3) is 1.57. The SMILES string of the molecule is CC1(CBr)C=CC(=O)C=C1. The van der Waals surface area contributed by atoms with E-state index in [9.17, 15) is 4.79 Å². The smallest absolute Gasteiger partial charge is 0.178 e. The predicted octanol–water partition coefficient (Wildman–Crippen LogP) is 2.08. The Morgan fingerprint density at radius 2 is 2.00 bits per heavy atom. The fraction of sp³-hybridized carbons (Fsp3) is 0.375. The molecule has 1 nitrogen and oxygen atoms in total. The molecule has 2 heteroatoms. The lowest BCUT2D eigenvalue weighted by molar-refractivity contribution is -0.110. The molecule has 0 bridgehead atoms. The highest BCUT2D eigenvalue weighted by Crippen LogP contribution is 2.25. The maximum atomic E-state index is 10.7. The summed E-state index contributed by atoms with van der Waals surface area (Å²) in [7, 11) is 0. The van der Waals surface area contributed by atoms with Crippen molar-refractivity contribution in [2.24, 2.45) is 5.41 Å². The zero-order valence-corrected chi connectivity index (χ0v) is 7.39. The van der Waals surface area contributed by atoms with Crippen molar-refractivity contribution in [3.8, 4) is 0 Å². The number of allylic oxidation sites excluding steroid dienone is 4. The molecule has 0 radical (unpaired) electrons. The van der Waals surface area contributed by atoms with Crippen LogP contribution in [0.25, 0.3) is 0 Å². The van der Waals surface area contributed by atoms with Gasteiger partial charge in [0.25, 0.3) is 0 Å². The molecule has 1 aliphatic carbocycles. The first kappa shape index (κ1) is 7.73. The Bertz CT molecular complexity index is 187. The van der Waals surface area contributed by atoms with Crippen LogP contribution in [0.3, 0.4) is 0 Å². The molecule has 0 heterocycles. The van der Waals surface area contributed by atoms with Crippen molar-refractivity contribution in [2.45, 2.75) is 6.92 Å². The number of hydrogen-bond donors (Lipinski definition) is 0. The van der Waals surface area contributed by atoms with Crippen LogP contribution in [0.4, 0.5) is 0 Å². The molecular formula is C8H9BrO. The first-order valence-corrected chi connectivity index (χ1v) is 4.27. The summed E-state index contributed by atoms with van der Waals surface area (Å²) in [6.45, 7) is 2.07. The molecule has 0 unspecified atom stereocenters. The van der Waals surface area contributed by atoms with Gasteiger partial charge in [-0.05, 0) is 12.2 Å². The number of ketones is 1. The molecule has 0 saturated heterocycles. The number of carbonyl (C=O) groups is 1. The van der Waals surface area contributed by atoms with Crippen molar-refractivity contribution in [1.29, 1.82) is 0 Å². The van der Waals surface area contributed by atoms with Gasteiger partial charge in [0.05, 0.1) is 0 Å². The summed E-state index contributed by atoms with van der Waals surface area (Å²) >= 11 is 3.37. The van der Waals surface area contributed by atoms with Crippen molar-refractivity contribution in [3.05, 3.63) is 24.3 Å². The second-order valence-corrected chi connectivity index (χ2v) is 3.27. The molecule has 0 saturated carbocycles. The molecule has 54 valence electrons. The molecule has 0 amide bonds. The zero-order valence-electron chi connectivity index (χ0n) is 5.80. The number of carbonyl (C=O) groups excluding carboxylic acids is 1. The Kier molecular flexibility index (Phi) is 2.09. The Labute approximate surface area is 68.9 Å². The van der Waals surface area contributed by atoms with E-state index in [0.29, 0.717) is 0 Å². The second kappa shape index (κ2) is 2.70. The van der Waals surface area contributed by atoms with E-state index in [1.54, 1.807) is 12.2 Å². The van der Waals surface area contributed by atoms with Crippen LogP contribution in [0, 0.1) is 5.41 Å². The van der Waals surface area contributed by atoms with Gasteiger partial charge in [-0.2, -0.15) is 0 Å². The summed E-state index contributed by atoms with van der Waals surface area (Å²) in [6, 6.07) is 0. The molecule has 0 aromatic rings. The van der Waals surface area contributed by atoms with Gasteiger partial charge in [0.15, 0.2) is 5.78 Å². The number of rotatable bonds is 1. The highest BCUT2D eigenvalue weighted by atomic mass is 79.9. The van der Waals surface area contributed by atoms with Crippen LogP contribution in [0.15, 0.2) is 24.3 Å². The maximum absolute atomic E-state index is 10.7. The summed E-state index contributed by atoms with van der Waals surface area (Å²) in [4.78, 5) is 10.7. The molecule has 0 aromatic heterocycles. The van der Waals surface area contributed by atoms with Crippen molar-refractivity contribution in [2.75, 3.05) is 5.33 Å². The van der Waals surface area contributed by atoms with Crippen LogP contribution in [0.2, 0.25) is 0 Å². The molecule has 0 aromatic carbocycles. The van der Waals surface area contributed by atoms with Crippen molar-refractivity contribution in [1.82, 2.24) is 0 Å². The van der Waals surface area contributed by atoms with E-state index in [4.69, 9.17) is 0 Å². The second-order valence-electron chi connectivity index (χ2n) is 2.71. The molecule has 0 aliphatic heterocycles. The van der Waals surface area contributed by atoms with E-state index in [1.807, 2.05) is 12.2 Å². The van der Waals surface area contributed by atoms with Gasteiger partial charge in [-0.3, -0.25) is 4.79 Å². The Morgan fingerprint density at radius 3 is 2.40 bits per heavy atom. The fourth-order valence-corrected chi connectivity index (χ4v) is 1.12. The van der Waals surface area contributed by atoms with Gasteiger partial charge in [0.1, 0.15) is 0 Å². The first-order chi connectivity index (χ1) is 4.66. The summed E-state index contributed by atoms with van der Waals surface area (Å²) in [5.74, 6) is 0.0819. The summed E-state index contributed by atoms with van der Waals surface area (Å²) in [5.41, 5.74) is 0.0356. The van der Waals surface area contributed by atoms with Crippen LogP contribution < -0.4 is 0 Å². The molecule has 1 aliphatic rings. The molecule has 1 rings (SSSR count). The Balaban J connectivity index is 2.78. The third-order valence-corrected chi connectivity index (χ3v) is 2.75. The average Bonchev–Trinajstić information content (AvgIpc) is 1.96. The molecular weight excluding hydrogens is 192 g/mol. The first-order valence-electron chi connectivity index (χ1n) is 3.15.